The van der Waals surface area contributed by atoms with E-state index in [0.717, 1.165) is 58.6 Å². The maximum absolute atomic E-state index is 5.43. The number of benzene rings is 1. The Bertz CT molecular complexity index is 983. The van der Waals surface area contributed by atoms with Crippen LogP contribution in [0.4, 0.5) is 5.82 Å². The minimum atomic E-state index is 0.644. The summed E-state index contributed by atoms with van der Waals surface area (Å²) in [4.78, 5) is 14.4. The van der Waals surface area contributed by atoms with Crippen molar-refractivity contribution in [3.05, 3.63) is 40.0 Å². The Morgan fingerprint density at radius 3 is 2.41 bits per heavy atom. The zero-order chi connectivity index (χ0) is 21.0. The number of hydrogen-bond acceptors (Lipinski definition) is 7. The first-order chi connectivity index (χ1) is 14.0. The molecule has 0 aliphatic rings. The Kier molecular flexibility index (Phi) is 6.92. The molecule has 1 N–H and O–H groups in total. The molecule has 0 amide bonds. The van der Waals surface area contributed by atoms with Crippen LogP contribution in [-0.2, 0) is 13.1 Å². The van der Waals surface area contributed by atoms with Crippen molar-refractivity contribution in [2.75, 3.05) is 32.6 Å². The summed E-state index contributed by atoms with van der Waals surface area (Å²) in [6.45, 7) is 12.0. The minimum absolute atomic E-state index is 0.644. The molecule has 2 heterocycles. The average molecular weight is 415 g/mol. The standard InChI is InChI=1S/C22H30N4O2S/c1-7-26(8-2)13-19-24-21(20-14(3)15(4)29-22(20)25-19)23-12-16-9-10-17(27-5)18(11-16)28-6/h9-11H,7-8,12-13H2,1-6H3,(H,23,24,25). The Hall–Kier alpha value is -2.38. The van der Waals surface area contributed by atoms with Gasteiger partial charge >= 0.3 is 0 Å². The summed E-state index contributed by atoms with van der Waals surface area (Å²) in [5.41, 5.74) is 2.35. The van der Waals surface area contributed by atoms with Crippen molar-refractivity contribution in [3.8, 4) is 11.5 Å². The van der Waals surface area contributed by atoms with Crippen molar-refractivity contribution in [2.45, 2.75) is 40.8 Å². The molecule has 6 nitrogen and oxygen atoms in total. The number of anilines is 1. The first-order valence-corrected chi connectivity index (χ1v) is 10.8. The van der Waals surface area contributed by atoms with Gasteiger partial charge in [-0.2, -0.15) is 0 Å². The number of aryl methyl sites for hydroxylation is 2. The molecular formula is C22H30N4O2S. The third kappa shape index (κ3) is 4.62. The van der Waals surface area contributed by atoms with Gasteiger partial charge in [0.15, 0.2) is 11.5 Å². The van der Waals surface area contributed by atoms with Crippen LogP contribution < -0.4 is 14.8 Å². The van der Waals surface area contributed by atoms with Crippen molar-refractivity contribution in [1.29, 1.82) is 0 Å². The second-order valence-corrected chi connectivity index (χ2v) is 8.16. The molecule has 156 valence electrons. The fourth-order valence-electron chi connectivity index (χ4n) is 3.32. The Morgan fingerprint density at radius 2 is 1.76 bits per heavy atom. The zero-order valence-electron chi connectivity index (χ0n) is 18.1. The highest BCUT2D eigenvalue weighted by molar-refractivity contribution is 7.18. The van der Waals surface area contributed by atoms with Crippen molar-refractivity contribution in [3.63, 3.8) is 0 Å². The quantitative estimate of drug-likeness (QED) is 0.544. The second-order valence-electron chi connectivity index (χ2n) is 6.96. The fraction of sp³-hybridized carbons (Fsp3) is 0.455. The predicted molar refractivity (Wildman–Crippen MR) is 120 cm³/mol. The lowest BCUT2D eigenvalue weighted by molar-refractivity contribution is 0.289. The van der Waals surface area contributed by atoms with Gasteiger partial charge in [-0.3, -0.25) is 4.90 Å². The van der Waals surface area contributed by atoms with Gasteiger partial charge in [0.1, 0.15) is 16.5 Å². The molecule has 3 rings (SSSR count). The molecule has 0 fully saturated rings. The molecule has 0 radical (unpaired) electrons. The van der Waals surface area contributed by atoms with Gasteiger partial charge < -0.3 is 14.8 Å². The average Bonchev–Trinajstić information content (AvgIpc) is 3.03. The third-order valence-corrected chi connectivity index (χ3v) is 6.34. The van der Waals surface area contributed by atoms with Gasteiger partial charge in [0.05, 0.1) is 26.2 Å². The number of nitrogens with one attached hydrogen (secondary N) is 1. The summed E-state index contributed by atoms with van der Waals surface area (Å²) in [6, 6.07) is 5.96. The van der Waals surface area contributed by atoms with Gasteiger partial charge in [0, 0.05) is 11.4 Å². The second kappa shape index (κ2) is 9.41. The van der Waals surface area contributed by atoms with Gasteiger partial charge in [-0.05, 0) is 50.2 Å². The van der Waals surface area contributed by atoms with Gasteiger partial charge in [0.2, 0.25) is 0 Å². The Balaban J connectivity index is 1.92. The van der Waals surface area contributed by atoms with E-state index in [-0.39, 0.29) is 0 Å². The number of thiophene rings is 1. The van der Waals surface area contributed by atoms with Crippen molar-refractivity contribution in [1.82, 2.24) is 14.9 Å². The molecule has 0 spiro atoms. The molecule has 0 aliphatic carbocycles. The molecule has 3 aromatic rings. The number of hydrogen-bond donors (Lipinski definition) is 1. The monoisotopic (exact) mass is 414 g/mol. The van der Waals surface area contributed by atoms with Gasteiger partial charge in [0.25, 0.3) is 0 Å². The van der Waals surface area contributed by atoms with E-state index in [9.17, 15) is 0 Å². The molecule has 0 atom stereocenters. The molecule has 0 saturated carbocycles. The molecule has 0 bridgehead atoms. The smallest absolute Gasteiger partial charge is 0.161 e. The summed E-state index contributed by atoms with van der Waals surface area (Å²) >= 11 is 1.74. The van der Waals surface area contributed by atoms with Crippen LogP contribution in [0.1, 0.15) is 35.7 Å². The lowest BCUT2D eigenvalue weighted by atomic mass is 10.2. The predicted octanol–water partition coefficient (Wildman–Crippen LogP) is 4.78. The summed E-state index contributed by atoms with van der Waals surface area (Å²) in [5, 5.41) is 4.66. The lowest BCUT2D eigenvalue weighted by Crippen LogP contribution is -2.23. The molecule has 29 heavy (non-hydrogen) atoms. The van der Waals surface area contributed by atoms with Crippen molar-refractivity contribution in [2.24, 2.45) is 0 Å². The Labute approximate surface area is 176 Å². The van der Waals surface area contributed by atoms with Gasteiger partial charge in [-0.25, -0.2) is 9.97 Å². The van der Waals surface area contributed by atoms with Crippen molar-refractivity contribution >= 4 is 27.4 Å². The van der Waals surface area contributed by atoms with Crippen LogP contribution in [0.25, 0.3) is 10.2 Å². The first-order valence-electron chi connectivity index (χ1n) is 9.94. The summed E-state index contributed by atoms with van der Waals surface area (Å²) in [6.07, 6.45) is 0. The van der Waals surface area contributed by atoms with E-state index in [2.05, 4.69) is 37.9 Å². The number of ether oxygens (including phenoxy) is 2. The van der Waals surface area contributed by atoms with E-state index in [1.165, 1.54) is 10.4 Å². The molecule has 0 unspecified atom stereocenters. The molecule has 0 saturated heterocycles. The highest BCUT2D eigenvalue weighted by atomic mass is 32.1. The number of methoxy groups -OCH3 is 2. The first kappa shape index (κ1) is 21.3. The van der Waals surface area contributed by atoms with Gasteiger partial charge in [-0.15, -0.1) is 11.3 Å². The molecule has 2 aromatic heterocycles. The number of fused-ring (bicyclic) bond motifs is 1. The van der Waals surface area contributed by atoms with E-state index in [1.807, 2.05) is 18.2 Å². The normalized spacial score (nSPS) is 11.3. The Morgan fingerprint density at radius 1 is 1.03 bits per heavy atom. The summed E-state index contributed by atoms with van der Waals surface area (Å²) in [5.74, 6) is 3.21. The van der Waals surface area contributed by atoms with Crippen LogP contribution in [0.2, 0.25) is 0 Å². The lowest BCUT2D eigenvalue weighted by Gasteiger charge is -2.18. The molecular weight excluding hydrogens is 384 g/mol. The molecule has 1 aromatic carbocycles. The summed E-state index contributed by atoms with van der Waals surface area (Å²) < 4.78 is 10.8. The van der Waals surface area contributed by atoms with Crippen LogP contribution in [0.15, 0.2) is 18.2 Å². The number of nitrogens with zero attached hydrogens (tertiary/aromatic N) is 3. The van der Waals surface area contributed by atoms with Crippen LogP contribution in [0, 0.1) is 13.8 Å². The minimum Gasteiger partial charge on any atom is -0.493 e. The van der Waals surface area contributed by atoms with Crippen LogP contribution in [-0.4, -0.2) is 42.2 Å². The highest BCUT2D eigenvalue weighted by Crippen LogP contribution is 2.34. The molecule has 7 heteroatoms. The maximum Gasteiger partial charge on any atom is 0.161 e. The van der Waals surface area contributed by atoms with E-state index >= 15 is 0 Å². The van der Waals surface area contributed by atoms with Gasteiger partial charge in [-0.1, -0.05) is 19.9 Å². The third-order valence-electron chi connectivity index (χ3n) is 5.24. The summed E-state index contributed by atoms with van der Waals surface area (Å²) in [7, 11) is 3.30. The number of aromatic nitrogens is 2. The van der Waals surface area contributed by atoms with E-state index < -0.39 is 0 Å². The fourth-order valence-corrected chi connectivity index (χ4v) is 4.36. The van der Waals surface area contributed by atoms with E-state index in [1.54, 1.807) is 25.6 Å². The van der Waals surface area contributed by atoms with E-state index in [4.69, 9.17) is 19.4 Å². The zero-order valence-corrected chi connectivity index (χ0v) is 18.9. The number of rotatable bonds is 9. The maximum atomic E-state index is 5.43. The highest BCUT2D eigenvalue weighted by Gasteiger charge is 2.16. The SMILES string of the molecule is CCN(CC)Cc1nc(NCc2ccc(OC)c(OC)c2)c2c(C)c(C)sc2n1. The van der Waals surface area contributed by atoms with Crippen LogP contribution in [0.3, 0.4) is 0 Å². The topological polar surface area (TPSA) is 59.5 Å². The largest absolute Gasteiger partial charge is 0.493 e. The van der Waals surface area contributed by atoms with Crippen LogP contribution >= 0.6 is 11.3 Å². The van der Waals surface area contributed by atoms with Crippen molar-refractivity contribution < 1.29 is 9.47 Å². The van der Waals surface area contributed by atoms with E-state index in [0.29, 0.717) is 6.54 Å². The molecule has 0 aliphatic heterocycles. The van der Waals surface area contributed by atoms with Crippen LogP contribution in [0.5, 0.6) is 11.5 Å².